The molecule has 5 nitrogen and oxygen atoms in total. The van der Waals surface area contributed by atoms with Gasteiger partial charge in [0.2, 0.25) is 0 Å². The molecular weight excluding hydrogens is 360 g/mol. The molecule has 0 radical (unpaired) electrons. The number of aliphatic hydroxyl groups is 1. The molecule has 0 fully saturated rings. The van der Waals surface area contributed by atoms with Crippen LogP contribution in [0.25, 0.3) is 11.1 Å². The van der Waals surface area contributed by atoms with Crippen molar-refractivity contribution in [3.05, 3.63) is 77.0 Å². The van der Waals surface area contributed by atoms with Crippen LogP contribution in [0.4, 0.5) is 14.5 Å². The van der Waals surface area contributed by atoms with E-state index in [1.807, 2.05) is 0 Å². The molecule has 8 heteroatoms. The number of thioether (sulfide) groups is 1. The second-order valence-electron chi connectivity index (χ2n) is 5.36. The molecule has 1 atom stereocenters. The molecule has 0 amide bonds. The first-order chi connectivity index (χ1) is 12.5. The third-order valence-corrected chi connectivity index (χ3v) is 4.35. The van der Waals surface area contributed by atoms with E-state index in [0.717, 1.165) is 11.1 Å². The van der Waals surface area contributed by atoms with Gasteiger partial charge < -0.3 is 15.4 Å². The maximum atomic E-state index is 12.3. The number of halogens is 2. The number of nitrogens with zero attached hydrogens (tertiary/aromatic N) is 1. The number of aliphatic hydroxyl groups excluding tert-OH is 1. The van der Waals surface area contributed by atoms with Crippen LogP contribution in [0.3, 0.4) is 0 Å². The van der Waals surface area contributed by atoms with Crippen molar-refractivity contribution in [2.75, 3.05) is 5.32 Å². The van der Waals surface area contributed by atoms with Gasteiger partial charge >= 0.3 is 0 Å². The van der Waals surface area contributed by atoms with E-state index < -0.39 is 12.0 Å². The molecule has 3 rings (SSSR count). The Bertz CT molecular complexity index is 918. The standard InChI is InChI=1S/C18H15F2N3O2S/c19-18(20)26-14-3-1-12(2-4-14)16(24)23-15-9-13(10-22-17(15)25)11-5-7-21-8-6-11/h1-10,16,18,23-24H,(H,22,25). The number of benzene rings is 1. The summed E-state index contributed by atoms with van der Waals surface area (Å²) in [5, 5.41) is 13.0. The first kappa shape index (κ1) is 18.1. The van der Waals surface area contributed by atoms with Crippen LogP contribution in [0.1, 0.15) is 11.8 Å². The maximum absolute atomic E-state index is 12.3. The van der Waals surface area contributed by atoms with E-state index in [4.69, 9.17) is 0 Å². The average molecular weight is 375 g/mol. The number of anilines is 1. The third kappa shape index (κ3) is 4.47. The molecule has 3 aromatic rings. The lowest BCUT2D eigenvalue weighted by Crippen LogP contribution is -2.18. The fourth-order valence-electron chi connectivity index (χ4n) is 2.36. The molecule has 1 aromatic carbocycles. The van der Waals surface area contributed by atoms with E-state index in [-0.39, 0.29) is 11.2 Å². The van der Waals surface area contributed by atoms with Gasteiger partial charge in [-0.2, -0.15) is 8.78 Å². The molecule has 2 heterocycles. The molecule has 0 saturated carbocycles. The Hall–Kier alpha value is -2.71. The number of alkyl halides is 2. The normalized spacial score (nSPS) is 12.2. The topological polar surface area (TPSA) is 78.0 Å². The number of aromatic nitrogens is 2. The molecule has 0 spiro atoms. The second-order valence-corrected chi connectivity index (χ2v) is 6.42. The van der Waals surface area contributed by atoms with Gasteiger partial charge in [-0.15, -0.1) is 0 Å². The summed E-state index contributed by atoms with van der Waals surface area (Å²) in [5.74, 6) is -2.50. The zero-order valence-electron chi connectivity index (χ0n) is 13.4. The highest BCUT2D eigenvalue weighted by atomic mass is 32.2. The zero-order chi connectivity index (χ0) is 18.5. The minimum Gasteiger partial charge on any atom is -0.369 e. The SMILES string of the molecule is O=c1[nH]cc(-c2ccncc2)cc1NC(O)c1ccc(SC(F)F)cc1. The number of rotatable bonds is 6. The van der Waals surface area contributed by atoms with Crippen molar-refractivity contribution < 1.29 is 13.9 Å². The van der Waals surface area contributed by atoms with Gasteiger partial charge in [0.05, 0.1) is 0 Å². The predicted molar refractivity (Wildman–Crippen MR) is 97.2 cm³/mol. The van der Waals surface area contributed by atoms with Crippen LogP contribution in [0.2, 0.25) is 0 Å². The number of H-pyrrole nitrogens is 1. The Balaban J connectivity index is 1.78. The van der Waals surface area contributed by atoms with Crippen molar-refractivity contribution in [3.63, 3.8) is 0 Å². The summed E-state index contributed by atoms with van der Waals surface area (Å²) in [6, 6.07) is 11.3. The van der Waals surface area contributed by atoms with E-state index in [2.05, 4.69) is 15.3 Å². The van der Waals surface area contributed by atoms with Crippen LogP contribution in [0.5, 0.6) is 0 Å². The Morgan fingerprint density at radius 3 is 2.42 bits per heavy atom. The molecule has 3 N–H and O–H groups in total. The average Bonchev–Trinajstić information content (AvgIpc) is 2.64. The minimum absolute atomic E-state index is 0.192. The summed E-state index contributed by atoms with van der Waals surface area (Å²) < 4.78 is 24.7. The third-order valence-electron chi connectivity index (χ3n) is 3.63. The minimum atomic E-state index is -2.50. The first-order valence-corrected chi connectivity index (χ1v) is 8.53. The highest BCUT2D eigenvalue weighted by Gasteiger charge is 2.12. The summed E-state index contributed by atoms with van der Waals surface area (Å²) in [7, 11) is 0. The van der Waals surface area contributed by atoms with E-state index >= 15 is 0 Å². The van der Waals surface area contributed by atoms with E-state index in [1.165, 1.54) is 24.3 Å². The van der Waals surface area contributed by atoms with Crippen molar-refractivity contribution in [2.45, 2.75) is 16.9 Å². The summed E-state index contributed by atoms with van der Waals surface area (Å²) >= 11 is 0.429. The zero-order valence-corrected chi connectivity index (χ0v) is 14.2. The maximum Gasteiger partial charge on any atom is 0.288 e. The second kappa shape index (κ2) is 8.11. The van der Waals surface area contributed by atoms with Crippen LogP contribution in [0, 0.1) is 0 Å². The first-order valence-electron chi connectivity index (χ1n) is 7.65. The van der Waals surface area contributed by atoms with Crippen molar-refractivity contribution in [2.24, 2.45) is 0 Å². The van der Waals surface area contributed by atoms with Gasteiger partial charge in [-0.05, 0) is 35.9 Å². The van der Waals surface area contributed by atoms with Crippen molar-refractivity contribution >= 4 is 17.4 Å². The summed E-state index contributed by atoms with van der Waals surface area (Å²) in [6.07, 6.45) is 3.70. The number of pyridine rings is 2. The number of aromatic amines is 1. The molecule has 26 heavy (non-hydrogen) atoms. The fraction of sp³-hybridized carbons (Fsp3) is 0.111. The van der Waals surface area contributed by atoms with Gasteiger partial charge in [-0.1, -0.05) is 23.9 Å². The van der Waals surface area contributed by atoms with Gasteiger partial charge in [0.25, 0.3) is 11.3 Å². The molecule has 1 unspecified atom stereocenters. The Kier molecular flexibility index (Phi) is 5.65. The Morgan fingerprint density at radius 2 is 1.77 bits per heavy atom. The van der Waals surface area contributed by atoms with E-state index in [9.17, 15) is 18.7 Å². The number of nitrogens with one attached hydrogen (secondary N) is 2. The Morgan fingerprint density at radius 1 is 1.08 bits per heavy atom. The molecule has 0 aliphatic heterocycles. The van der Waals surface area contributed by atoms with Crippen LogP contribution in [0.15, 0.2) is 70.7 Å². The molecule has 0 saturated heterocycles. The van der Waals surface area contributed by atoms with Gasteiger partial charge in [0.1, 0.15) is 5.69 Å². The lowest BCUT2D eigenvalue weighted by Gasteiger charge is -2.15. The van der Waals surface area contributed by atoms with Gasteiger partial charge in [0.15, 0.2) is 6.23 Å². The summed E-state index contributed by atoms with van der Waals surface area (Å²) in [5.41, 5.74) is 1.88. The smallest absolute Gasteiger partial charge is 0.288 e. The highest BCUT2D eigenvalue weighted by Crippen LogP contribution is 2.27. The summed E-state index contributed by atoms with van der Waals surface area (Å²) in [4.78, 5) is 19.0. The highest BCUT2D eigenvalue weighted by molar-refractivity contribution is 7.99. The van der Waals surface area contributed by atoms with Gasteiger partial charge in [-0.25, -0.2) is 0 Å². The quantitative estimate of drug-likeness (QED) is 0.451. The van der Waals surface area contributed by atoms with Crippen LogP contribution >= 0.6 is 11.8 Å². The monoisotopic (exact) mass is 375 g/mol. The number of hydrogen-bond acceptors (Lipinski definition) is 5. The van der Waals surface area contributed by atoms with Crippen LogP contribution < -0.4 is 10.9 Å². The largest absolute Gasteiger partial charge is 0.369 e. The van der Waals surface area contributed by atoms with E-state index in [0.29, 0.717) is 22.2 Å². The molecule has 0 aliphatic rings. The summed E-state index contributed by atoms with van der Waals surface area (Å²) in [6.45, 7) is 0. The predicted octanol–water partition coefficient (Wildman–Crippen LogP) is 3.85. The molecular formula is C18H15F2N3O2S. The Labute approximate surface area is 152 Å². The van der Waals surface area contributed by atoms with Crippen molar-refractivity contribution in [1.29, 1.82) is 0 Å². The van der Waals surface area contributed by atoms with Crippen molar-refractivity contribution in [3.8, 4) is 11.1 Å². The van der Waals surface area contributed by atoms with Crippen LogP contribution in [-0.2, 0) is 0 Å². The molecule has 134 valence electrons. The number of hydrogen-bond donors (Lipinski definition) is 3. The van der Waals surface area contributed by atoms with Crippen molar-refractivity contribution in [1.82, 2.24) is 9.97 Å². The molecule has 2 aromatic heterocycles. The fourth-order valence-corrected chi connectivity index (χ4v) is 2.86. The molecule has 0 bridgehead atoms. The van der Waals surface area contributed by atoms with Gasteiger partial charge in [0, 0.05) is 34.6 Å². The lowest BCUT2D eigenvalue weighted by molar-refractivity contribution is 0.208. The molecule has 0 aliphatic carbocycles. The van der Waals surface area contributed by atoms with Gasteiger partial charge in [-0.3, -0.25) is 9.78 Å². The lowest BCUT2D eigenvalue weighted by atomic mass is 10.1. The van der Waals surface area contributed by atoms with E-state index in [1.54, 1.807) is 36.8 Å². The van der Waals surface area contributed by atoms with Crippen LogP contribution in [-0.4, -0.2) is 20.8 Å².